The van der Waals surface area contributed by atoms with Crippen LogP contribution >= 0.6 is 0 Å². The van der Waals surface area contributed by atoms with Crippen LogP contribution in [0, 0.1) is 6.92 Å². The fourth-order valence-electron chi connectivity index (χ4n) is 2.12. The molecular weight excluding hydrogens is 274 g/mol. The lowest BCUT2D eigenvalue weighted by Crippen LogP contribution is -2.17. The lowest BCUT2D eigenvalue weighted by Gasteiger charge is -2.01. The molecule has 1 heterocycles. The van der Waals surface area contributed by atoms with Crippen molar-refractivity contribution in [1.82, 2.24) is 10.4 Å². The maximum atomic E-state index is 11.9. The molecular formula is C18H15N3O. The van der Waals surface area contributed by atoms with E-state index in [9.17, 15) is 4.79 Å². The lowest BCUT2D eigenvalue weighted by molar-refractivity contribution is 0.0955. The highest BCUT2D eigenvalue weighted by Crippen LogP contribution is 2.14. The van der Waals surface area contributed by atoms with Gasteiger partial charge in [-0.05, 0) is 41.5 Å². The third-order valence-electron chi connectivity index (χ3n) is 3.33. The topological polar surface area (TPSA) is 54.4 Å². The second-order valence-corrected chi connectivity index (χ2v) is 4.99. The molecule has 0 unspecified atom stereocenters. The molecule has 3 rings (SSSR count). The Hall–Kier alpha value is -3.01. The van der Waals surface area contributed by atoms with Crippen molar-refractivity contribution < 1.29 is 4.79 Å². The Balaban J connectivity index is 1.70. The van der Waals surface area contributed by atoms with Gasteiger partial charge in [0.25, 0.3) is 5.91 Å². The number of nitrogens with zero attached hydrogens (tertiary/aromatic N) is 2. The third kappa shape index (κ3) is 3.17. The van der Waals surface area contributed by atoms with Gasteiger partial charge in [0.2, 0.25) is 0 Å². The first-order valence-corrected chi connectivity index (χ1v) is 6.97. The predicted octanol–water partition coefficient (Wildman–Crippen LogP) is 3.31. The average molecular weight is 289 g/mol. The summed E-state index contributed by atoms with van der Waals surface area (Å²) in [6, 6.07) is 17.6. The second-order valence-electron chi connectivity index (χ2n) is 4.99. The molecule has 0 radical (unpaired) electrons. The molecule has 2 aromatic carbocycles. The van der Waals surface area contributed by atoms with Gasteiger partial charge in [-0.1, -0.05) is 36.4 Å². The van der Waals surface area contributed by atoms with Crippen molar-refractivity contribution in [1.29, 1.82) is 0 Å². The Morgan fingerprint density at radius 2 is 1.91 bits per heavy atom. The zero-order valence-corrected chi connectivity index (χ0v) is 12.2. The number of carbonyl (C=O) groups is 1. The van der Waals surface area contributed by atoms with E-state index in [4.69, 9.17) is 0 Å². The summed E-state index contributed by atoms with van der Waals surface area (Å²) < 4.78 is 0. The van der Waals surface area contributed by atoms with Crippen molar-refractivity contribution in [2.45, 2.75) is 6.92 Å². The number of aromatic nitrogens is 1. The summed E-state index contributed by atoms with van der Waals surface area (Å²) in [5, 5.41) is 6.31. The van der Waals surface area contributed by atoms with Crippen LogP contribution in [0.15, 0.2) is 65.9 Å². The number of pyridine rings is 1. The van der Waals surface area contributed by atoms with Crippen molar-refractivity contribution in [3.8, 4) is 0 Å². The summed E-state index contributed by atoms with van der Waals surface area (Å²) in [7, 11) is 0. The van der Waals surface area contributed by atoms with Crippen LogP contribution in [0.5, 0.6) is 0 Å². The Morgan fingerprint density at radius 3 is 2.68 bits per heavy atom. The quantitative estimate of drug-likeness (QED) is 0.594. The first-order chi connectivity index (χ1) is 10.7. The van der Waals surface area contributed by atoms with Crippen LogP contribution < -0.4 is 5.43 Å². The highest BCUT2D eigenvalue weighted by molar-refractivity contribution is 5.95. The summed E-state index contributed by atoms with van der Waals surface area (Å²) >= 11 is 0. The third-order valence-corrected chi connectivity index (χ3v) is 3.33. The normalized spacial score (nSPS) is 11.0. The van der Waals surface area contributed by atoms with E-state index < -0.39 is 0 Å². The van der Waals surface area contributed by atoms with Gasteiger partial charge in [0.15, 0.2) is 0 Å². The van der Waals surface area contributed by atoms with E-state index in [0.29, 0.717) is 5.56 Å². The highest BCUT2D eigenvalue weighted by atomic mass is 16.2. The van der Waals surface area contributed by atoms with Gasteiger partial charge in [-0.25, -0.2) is 5.43 Å². The molecule has 3 aromatic rings. The Kier molecular flexibility index (Phi) is 3.92. The maximum absolute atomic E-state index is 11.9. The summed E-state index contributed by atoms with van der Waals surface area (Å²) in [5.74, 6) is -0.274. The van der Waals surface area contributed by atoms with E-state index in [-0.39, 0.29) is 5.91 Å². The SMILES string of the molecule is Cc1ccc(C(=O)N/N=C\c2ccc3ccccc3c2)cn1. The van der Waals surface area contributed by atoms with Gasteiger partial charge in [-0.15, -0.1) is 0 Å². The molecule has 0 aliphatic carbocycles. The summed E-state index contributed by atoms with van der Waals surface area (Å²) in [4.78, 5) is 16.0. The Morgan fingerprint density at radius 1 is 1.09 bits per heavy atom. The van der Waals surface area contributed by atoms with Crippen molar-refractivity contribution in [3.63, 3.8) is 0 Å². The Labute approximate surface area is 128 Å². The molecule has 4 heteroatoms. The summed E-state index contributed by atoms with van der Waals surface area (Å²) in [5.41, 5.74) is 4.80. The largest absolute Gasteiger partial charge is 0.272 e. The minimum absolute atomic E-state index is 0.274. The molecule has 0 aliphatic heterocycles. The fraction of sp³-hybridized carbons (Fsp3) is 0.0556. The standard InChI is InChI=1S/C18H15N3O/c1-13-6-8-17(12-19-13)18(22)21-20-11-14-7-9-15-4-2-3-5-16(15)10-14/h2-12H,1H3,(H,21,22)/b20-11-. The first kappa shape index (κ1) is 13.9. The molecule has 4 nitrogen and oxygen atoms in total. The molecule has 0 spiro atoms. The number of amides is 1. The minimum atomic E-state index is -0.274. The number of fused-ring (bicyclic) bond motifs is 1. The summed E-state index contributed by atoms with van der Waals surface area (Å²) in [6.45, 7) is 1.87. The maximum Gasteiger partial charge on any atom is 0.272 e. The van der Waals surface area contributed by atoms with Gasteiger partial charge in [0.1, 0.15) is 0 Å². The van der Waals surface area contributed by atoms with E-state index in [1.165, 1.54) is 11.6 Å². The van der Waals surface area contributed by atoms with Crippen LogP contribution in [0.1, 0.15) is 21.6 Å². The molecule has 1 amide bonds. The van der Waals surface area contributed by atoms with E-state index >= 15 is 0 Å². The molecule has 22 heavy (non-hydrogen) atoms. The minimum Gasteiger partial charge on any atom is -0.267 e. The number of rotatable bonds is 3. The molecule has 1 N–H and O–H groups in total. The van der Waals surface area contributed by atoms with Crippen LogP contribution in [0.2, 0.25) is 0 Å². The van der Waals surface area contributed by atoms with Gasteiger partial charge in [-0.2, -0.15) is 5.10 Å². The second kappa shape index (κ2) is 6.18. The van der Waals surface area contributed by atoms with E-state index in [0.717, 1.165) is 16.6 Å². The van der Waals surface area contributed by atoms with Gasteiger partial charge >= 0.3 is 0 Å². The van der Waals surface area contributed by atoms with Gasteiger partial charge in [0.05, 0.1) is 11.8 Å². The van der Waals surface area contributed by atoms with Crippen LogP contribution in [-0.4, -0.2) is 17.1 Å². The van der Waals surface area contributed by atoms with E-state index in [1.807, 2.05) is 43.3 Å². The molecule has 0 bridgehead atoms. The molecule has 1 aromatic heterocycles. The lowest BCUT2D eigenvalue weighted by atomic mass is 10.1. The number of hydrogen-bond donors (Lipinski definition) is 1. The number of hydrazone groups is 1. The smallest absolute Gasteiger partial charge is 0.267 e. The predicted molar refractivity (Wildman–Crippen MR) is 88.0 cm³/mol. The zero-order chi connectivity index (χ0) is 15.4. The number of benzene rings is 2. The molecule has 0 atom stereocenters. The van der Waals surface area contributed by atoms with Crippen molar-refractivity contribution in [2.24, 2.45) is 5.10 Å². The molecule has 0 saturated heterocycles. The fourth-order valence-corrected chi connectivity index (χ4v) is 2.12. The number of nitrogens with one attached hydrogen (secondary N) is 1. The highest BCUT2D eigenvalue weighted by Gasteiger charge is 2.03. The summed E-state index contributed by atoms with van der Waals surface area (Å²) in [6.07, 6.45) is 3.17. The van der Waals surface area contributed by atoms with E-state index in [2.05, 4.69) is 21.6 Å². The van der Waals surface area contributed by atoms with Gasteiger partial charge in [-0.3, -0.25) is 9.78 Å². The monoisotopic (exact) mass is 289 g/mol. The van der Waals surface area contributed by atoms with Crippen molar-refractivity contribution in [3.05, 3.63) is 77.6 Å². The van der Waals surface area contributed by atoms with Crippen LogP contribution in [0.25, 0.3) is 10.8 Å². The zero-order valence-electron chi connectivity index (χ0n) is 12.2. The number of aryl methyl sites for hydroxylation is 1. The first-order valence-electron chi connectivity index (χ1n) is 6.97. The average Bonchev–Trinajstić information content (AvgIpc) is 2.55. The molecule has 108 valence electrons. The Bertz CT molecular complexity index is 838. The van der Waals surface area contributed by atoms with Gasteiger partial charge < -0.3 is 0 Å². The number of hydrogen-bond acceptors (Lipinski definition) is 3. The molecule has 0 saturated carbocycles. The molecule has 0 fully saturated rings. The van der Waals surface area contributed by atoms with Crippen molar-refractivity contribution >= 4 is 22.9 Å². The van der Waals surface area contributed by atoms with E-state index in [1.54, 1.807) is 18.3 Å². The van der Waals surface area contributed by atoms with Crippen LogP contribution in [0.3, 0.4) is 0 Å². The number of carbonyl (C=O) groups excluding carboxylic acids is 1. The van der Waals surface area contributed by atoms with Crippen LogP contribution in [0.4, 0.5) is 0 Å². The van der Waals surface area contributed by atoms with Crippen LogP contribution in [-0.2, 0) is 0 Å². The van der Waals surface area contributed by atoms with Crippen molar-refractivity contribution in [2.75, 3.05) is 0 Å². The molecule has 0 aliphatic rings. The van der Waals surface area contributed by atoms with Gasteiger partial charge in [0, 0.05) is 11.9 Å².